The maximum Gasteiger partial charge on any atom is 0.258 e. The molecule has 0 spiro atoms. The fourth-order valence-corrected chi connectivity index (χ4v) is 3.74. The van der Waals surface area contributed by atoms with Crippen LogP contribution in [0.2, 0.25) is 0 Å². The summed E-state index contributed by atoms with van der Waals surface area (Å²) in [5, 5.41) is 0. The molecule has 5 nitrogen and oxygen atoms in total. The lowest BCUT2D eigenvalue weighted by molar-refractivity contribution is 0.220. The van der Waals surface area contributed by atoms with Crippen molar-refractivity contribution >= 4 is 5.65 Å². The molecule has 2 aliphatic rings. The van der Waals surface area contributed by atoms with Gasteiger partial charge in [-0.1, -0.05) is 13.0 Å². The summed E-state index contributed by atoms with van der Waals surface area (Å²) < 4.78 is 7.67. The van der Waals surface area contributed by atoms with Gasteiger partial charge in [-0.25, -0.2) is 4.98 Å². The first-order valence-electron chi connectivity index (χ1n) is 9.47. The predicted molar refractivity (Wildman–Crippen MR) is 99.0 cm³/mol. The highest BCUT2D eigenvalue weighted by Crippen LogP contribution is 2.47. The SMILES string of the molecule is CC1CC1c1ccc(CN(Cc2cc(=O)n3ccccc3n2)C2CC2)o1. The summed E-state index contributed by atoms with van der Waals surface area (Å²) in [4.78, 5) is 19.4. The summed E-state index contributed by atoms with van der Waals surface area (Å²) in [6, 6.07) is 12.1. The number of hydrogen-bond acceptors (Lipinski definition) is 4. The highest BCUT2D eigenvalue weighted by molar-refractivity contribution is 5.38. The van der Waals surface area contributed by atoms with E-state index in [9.17, 15) is 4.79 Å². The molecule has 5 rings (SSSR count). The minimum absolute atomic E-state index is 0.0237. The van der Waals surface area contributed by atoms with E-state index in [-0.39, 0.29) is 5.56 Å². The molecule has 0 aliphatic heterocycles. The Morgan fingerprint density at radius 3 is 2.85 bits per heavy atom. The first-order valence-corrected chi connectivity index (χ1v) is 9.47. The average Bonchev–Trinajstić information content (AvgIpc) is 3.55. The van der Waals surface area contributed by atoms with Gasteiger partial charge < -0.3 is 4.42 Å². The van der Waals surface area contributed by atoms with Crippen molar-refractivity contribution in [3.8, 4) is 0 Å². The van der Waals surface area contributed by atoms with Crippen molar-refractivity contribution in [3.63, 3.8) is 0 Å². The predicted octanol–water partition coefficient (Wildman–Crippen LogP) is 3.58. The van der Waals surface area contributed by atoms with Crippen LogP contribution in [0.25, 0.3) is 5.65 Å². The maximum atomic E-state index is 12.3. The molecule has 0 N–H and O–H groups in total. The van der Waals surface area contributed by atoms with Crippen LogP contribution in [0.3, 0.4) is 0 Å². The summed E-state index contributed by atoms with van der Waals surface area (Å²) in [5.41, 5.74) is 1.51. The van der Waals surface area contributed by atoms with Gasteiger partial charge in [0.2, 0.25) is 0 Å². The number of furan rings is 1. The molecule has 0 radical (unpaired) electrons. The van der Waals surface area contributed by atoms with Gasteiger partial charge in [-0.05, 0) is 49.4 Å². The molecule has 3 aromatic rings. The Morgan fingerprint density at radius 1 is 1.23 bits per heavy atom. The monoisotopic (exact) mass is 349 g/mol. The molecular weight excluding hydrogens is 326 g/mol. The van der Waals surface area contributed by atoms with Crippen LogP contribution in [0.15, 0.2) is 51.8 Å². The highest BCUT2D eigenvalue weighted by atomic mass is 16.3. The molecule has 0 bridgehead atoms. The smallest absolute Gasteiger partial charge is 0.258 e. The lowest BCUT2D eigenvalue weighted by Crippen LogP contribution is -2.27. The Bertz CT molecular complexity index is 1000. The zero-order valence-electron chi connectivity index (χ0n) is 15.0. The van der Waals surface area contributed by atoms with Gasteiger partial charge in [-0.3, -0.25) is 14.1 Å². The van der Waals surface area contributed by atoms with Crippen LogP contribution >= 0.6 is 0 Å². The normalized spacial score (nSPS) is 22.2. The van der Waals surface area contributed by atoms with Crippen molar-refractivity contribution in [2.75, 3.05) is 0 Å². The van der Waals surface area contributed by atoms with Crippen molar-refractivity contribution in [1.82, 2.24) is 14.3 Å². The zero-order valence-corrected chi connectivity index (χ0v) is 15.0. The lowest BCUT2D eigenvalue weighted by atomic mass is 10.2. The van der Waals surface area contributed by atoms with Gasteiger partial charge in [-0.15, -0.1) is 0 Å². The maximum absolute atomic E-state index is 12.3. The van der Waals surface area contributed by atoms with Gasteiger partial charge in [0.1, 0.15) is 17.2 Å². The first kappa shape index (κ1) is 15.8. The molecule has 26 heavy (non-hydrogen) atoms. The Hall–Kier alpha value is -2.40. The lowest BCUT2D eigenvalue weighted by Gasteiger charge is -2.20. The van der Waals surface area contributed by atoms with Crippen molar-refractivity contribution < 1.29 is 4.42 Å². The molecule has 2 saturated carbocycles. The van der Waals surface area contributed by atoms with Gasteiger partial charge in [0.15, 0.2) is 0 Å². The largest absolute Gasteiger partial charge is 0.464 e. The van der Waals surface area contributed by atoms with Crippen LogP contribution in [0, 0.1) is 5.92 Å². The standard InChI is InChI=1S/C21H23N3O2/c1-14-10-18(14)19-8-7-17(26-19)13-23(16-5-6-16)12-15-11-21(25)24-9-3-2-4-20(24)22-15/h2-4,7-9,11,14,16,18H,5-6,10,12-13H2,1H3. The van der Waals surface area contributed by atoms with Gasteiger partial charge in [0, 0.05) is 30.8 Å². The van der Waals surface area contributed by atoms with E-state index in [1.54, 1.807) is 16.7 Å². The number of fused-ring (bicyclic) bond motifs is 1. The Morgan fingerprint density at radius 2 is 2.08 bits per heavy atom. The first-order chi connectivity index (χ1) is 12.7. The summed E-state index contributed by atoms with van der Waals surface area (Å²) in [7, 11) is 0. The Balaban J connectivity index is 1.36. The van der Waals surface area contributed by atoms with Gasteiger partial charge in [0.05, 0.1) is 12.2 Å². The topological polar surface area (TPSA) is 50.8 Å². The summed E-state index contributed by atoms with van der Waals surface area (Å²) in [5.74, 6) is 3.51. The van der Waals surface area contributed by atoms with E-state index in [2.05, 4.69) is 28.9 Å². The third kappa shape index (κ3) is 3.07. The number of rotatable bonds is 6. The molecule has 2 aliphatic carbocycles. The van der Waals surface area contributed by atoms with Crippen LogP contribution < -0.4 is 5.56 Å². The molecule has 134 valence electrons. The molecular formula is C21H23N3O2. The summed E-state index contributed by atoms with van der Waals surface area (Å²) >= 11 is 0. The second kappa shape index (κ2) is 6.09. The fourth-order valence-electron chi connectivity index (χ4n) is 3.74. The van der Waals surface area contributed by atoms with E-state index >= 15 is 0 Å². The molecule has 3 aromatic heterocycles. The van der Waals surface area contributed by atoms with E-state index in [4.69, 9.17) is 4.42 Å². The fraction of sp³-hybridized carbons (Fsp3) is 0.429. The van der Waals surface area contributed by atoms with E-state index in [1.165, 1.54) is 19.3 Å². The van der Waals surface area contributed by atoms with Crippen LogP contribution in [0.1, 0.15) is 49.3 Å². The molecule has 2 atom stereocenters. The molecule has 0 amide bonds. The average molecular weight is 349 g/mol. The molecule has 2 fully saturated rings. The third-order valence-electron chi connectivity index (χ3n) is 5.57. The van der Waals surface area contributed by atoms with Crippen LogP contribution in [-0.2, 0) is 13.1 Å². The highest BCUT2D eigenvalue weighted by Gasteiger charge is 2.37. The second-order valence-corrected chi connectivity index (χ2v) is 7.77. The molecule has 5 heteroatoms. The van der Waals surface area contributed by atoms with Crippen molar-refractivity contribution in [3.05, 3.63) is 70.2 Å². The summed E-state index contributed by atoms with van der Waals surface area (Å²) in [6.07, 6.45) is 5.42. The Labute approximate surface area is 152 Å². The second-order valence-electron chi connectivity index (χ2n) is 7.77. The van der Waals surface area contributed by atoms with Crippen molar-refractivity contribution in [2.45, 2.75) is 51.2 Å². The van der Waals surface area contributed by atoms with Crippen LogP contribution in [0.5, 0.6) is 0 Å². The minimum atomic E-state index is -0.0237. The number of pyridine rings is 1. The van der Waals surface area contributed by atoms with Crippen molar-refractivity contribution in [1.29, 1.82) is 0 Å². The van der Waals surface area contributed by atoms with Gasteiger partial charge in [0.25, 0.3) is 5.56 Å². The van der Waals surface area contributed by atoms with Crippen LogP contribution in [-0.4, -0.2) is 20.3 Å². The molecule has 2 unspecified atom stereocenters. The summed E-state index contributed by atoms with van der Waals surface area (Å²) in [6.45, 7) is 3.73. The van der Waals surface area contributed by atoms with Crippen molar-refractivity contribution in [2.24, 2.45) is 5.92 Å². The number of hydrogen-bond donors (Lipinski definition) is 0. The number of nitrogens with zero attached hydrogens (tertiary/aromatic N) is 3. The van der Waals surface area contributed by atoms with Gasteiger partial charge in [-0.2, -0.15) is 0 Å². The van der Waals surface area contributed by atoms with Crippen LogP contribution in [0.4, 0.5) is 0 Å². The zero-order chi connectivity index (χ0) is 17.7. The molecule has 0 aromatic carbocycles. The molecule has 3 heterocycles. The Kier molecular flexibility index (Phi) is 3.71. The van der Waals surface area contributed by atoms with Gasteiger partial charge >= 0.3 is 0 Å². The van der Waals surface area contributed by atoms with E-state index < -0.39 is 0 Å². The number of aromatic nitrogens is 2. The molecule has 0 saturated heterocycles. The van der Waals surface area contributed by atoms with E-state index in [0.717, 1.165) is 29.7 Å². The van der Waals surface area contributed by atoms with E-state index in [0.29, 0.717) is 24.2 Å². The third-order valence-corrected chi connectivity index (χ3v) is 5.57. The minimum Gasteiger partial charge on any atom is -0.464 e. The van der Waals surface area contributed by atoms with E-state index in [1.807, 2.05) is 18.2 Å². The quantitative estimate of drug-likeness (QED) is 0.683.